The lowest BCUT2D eigenvalue weighted by molar-refractivity contribution is 0.383. The fraction of sp³-hybridized carbons (Fsp3) is 0.312. The molecule has 112 valence electrons. The molecule has 0 aliphatic rings. The first kappa shape index (κ1) is 15.8. The Morgan fingerprint density at radius 1 is 1.14 bits per heavy atom. The molecule has 1 atom stereocenters. The molecule has 1 N–H and O–H groups in total. The van der Waals surface area contributed by atoms with E-state index < -0.39 is 0 Å². The van der Waals surface area contributed by atoms with E-state index in [2.05, 4.69) is 26.2 Å². The molecule has 0 saturated heterocycles. The average molecular weight is 351 g/mol. The Labute approximate surface area is 133 Å². The van der Waals surface area contributed by atoms with Crippen molar-refractivity contribution in [2.24, 2.45) is 0 Å². The minimum atomic E-state index is -0.0537. The van der Waals surface area contributed by atoms with Crippen LogP contribution in [0.25, 0.3) is 0 Å². The minimum absolute atomic E-state index is 0.0537. The molecule has 0 amide bonds. The third-order valence-corrected chi connectivity index (χ3v) is 4.07. The highest BCUT2D eigenvalue weighted by molar-refractivity contribution is 9.10. The highest BCUT2D eigenvalue weighted by Crippen LogP contribution is 2.40. The van der Waals surface area contributed by atoms with Gasteiger partial charge in [-0.1, -0.05) is 6.07 Å². The van der Waals surface area contributed by atoms with Crippen molar-refractivity contribution in [2.75, 3.05) is 21.3 Å². The standard InChI is InChI=1S/C16H19BrN2O2/c1-10-6-5-7-12(19-10)15(18-2)11-8-9-13(20-3)14(17)16(11)21-4/h5-9,15,18H,1-4H3. The predicted octanol–water partition coefficient (Wildman–Crippen LogP) is 3.48. The van der Waals surface area contributed by atoms with Crippen molar-refractivity contribution in [1.82, 2.24) is 10.3 Å². The molecule has 21 heavy (non-hydrogen) atoms. The lowest BCUT2D eigenvalue weighted by Crippen LogP contribution is -2.20. The van der Waals surface area contributed by atoms with Crippen molar-refractivity contribution < 1.29 is 9.47 Å². The van der Waals surface area contributed by atoms with Crippen LogP contribution in [0.2, 0.25) is 0 Å². The first-order chi connectivity index (χ1) is 10.1. The first-order valence-corrected chi connectivity index (χ1v) is 7.42. The van der Waals surface area contributed by atoms with Gasteiger partial charge in [-0.25, -0.2) is 0 Å². The molecular weight excluding hydrogens is 332 g/mol. The second-order valence-electron chi connectivity index (χ2n) is 4.63. The zero-order chi connectivity index (χ0) is 15.4. The summed E-state index contributed by atoms with van der Waals surface area (Å²) in [6.45, 7) is 1.98. The molecule has 1 heterocycles. The van der Waals surface area contributed by atoms with Crippen LogP contribution < -0.4 is 14.8 Å². The molecule has 0 radical (unpaired) electrons. The summed E-state index contributed by atoms with van der Waals surface area (Å²) >= 11 is 3.54. The van der Waals surface area contributed by atoms with Crippen LogP contribution in [-0.4, -0.2) is 26.3 Å². The largest absolute Gasteiger partial charge is 0.495 e. The summed E-state index contributed by atoms with van der Waals surface area (Å²) in [5.41, 5.74) is 2.94. The highest BCUT2D eigenvalue weighted by Gasteiger charge is 2.21. The molecule has 1 unspecified atom stereocenters. The van der Waals surface area contributed by atoms with Gasteiger partial charge in [0.05, 0.1) is 26.0 Å². The maximum atomic E-state index is 5.56. The summed E-state index contributed by atoms with van der Waals surface area (Å²) in [5.74, 6) is 1.49. The van der Waals surface area contributed by atoms with Crippen LogP contribution in [0.15, 0.2) is 34.8 Å². The lowest BCUT2D eigenvalue weighted by atomic mass is 10.0. The van der Waals surface area contributed by atoms with Gasteiger partial charge in [0.15, 0.2) is 0 Å². The molecule has 2 aromatic rings. The van der Waals surface area contributed by atoms with Gasteiger partial charge >= 0.3 is 0 Å². The second kappa shape index (κ2) is 6.91. The van der Waals surface area contributed by atoms with Gasteiger partial charge in [-0.2, -0.15) is 0 Å². The van der Waals surface area contributed by atoms with Crippen LogP contribution >= 0.6 is 15.9 Å². The quantitative estimate of drug-likeness (QED) is 0.896. The maximum absolute atomic E-state index is 5.56. The Hall–Kier alpha value is -1.59. The summed E-state index contributed by atoms with van der Waals surface area (Å²) < 4.78 is 11.7. The van der Waals surface area contributed by atoms with Crippen LogP contribution in [0, 0.1) is 6.92 Å². The van der Waals surface area contributed by atoms with Gasteiger partial charge in [-0.05, 0) is 54.2 Å². The molecule has 4 nitrogen and oxygen atoms in total. The molecule has 0 saturated carbocycles. The minimum Gasteiger partial charge on any atom is -0.495 e. The number of methoxy groups -OCH3 is 2. The zero-order valence-electron chi connectivity index (χ0n) is 12.6. The van der Waals surface area contributed by atoms with Gasteiger partial charge in [0.25, 0.3) is 0 Å². The van der Waals surface area contributed by atoms with Gasteiger partial charge in [0.2, 0.25) is 0 Å². The smallest absolute Gasteiger partial charge is 0.141 e. The monoisotopic (exact) mass is 350 g/mol. The van der Waals surface area contributed by atoms with Crippen LogP contribution in [0.3, 0.4) is 0 Å². The molecule has 0 aliphatic carbocycles. The Bertz CT molecular complexity index is 632. The summed E-state index contributed by atoms with van der Waals surface area (Å²) in [6.07, 6.45) is 0. The lowest BCUT2D eigenvalue weighted by Gasteiger charge is -2.21. The van der Waals surface area contributed by atoms with E-state index in [4.69, 9.17) is 9.47 Å². The number of nitrogens with zero attached hydrogens (tertiary/aromatic N) is 1. The van der Waals surface area contributed by atoms with Gasteiger partial charge in [0, 0.05) is 11.3 Å². The summed E-state index contributed by atoms with van der Waals surface area (Å²) in [4.78, 5) is 4.60. The summed E-state index contributed by atoms with van der Waals surface area (Å²) in [7, 11) is 5.20. The summed E-state index contributed by atoms with van der Waals surface area (Å²) in [6, 6.07) is 9.85. The van der Waals surface area contributed by atoms with E-state index >= 15 is 0 Å². The number of nitrogens with one attached hydrogen (secondary N) is 1. The number of aryl methyl sites for hydroxylation is 1. The third-order valence-electron chi connectivity index (χ3n) is 3.32. The normalized spacial score (nSPS) is 12.0. The zero-order valence-corrected chi connectivity index (χ0v) is 14.2. The average Bonchev–Trinajstić information content (AvgIpc) is 2.48. The van der Waals surface area contributed by atoms with Crippen LogP contribution in [0.5, 0.6) is 11.5 Å². The van der Waals surface area contributed by atoms with E-state index in [9.17, 15) is 0 Å². The molecule has 2 rings (SSSR count). The first-order valence-electron chi connectivity index (χ1n) is 6.63. The molecule has 1 aromatic carbocycles. The summed E-state index contributed by atoms with van der Waals surface area (Å²) in [5, 5.41) is 3.30. The van der Waals surface area contributed by atoms with Crippen LogP contribution in [0.1, 0.15) is 23.0 Å². The number of rotatable bonds is 5. The van der Waals surface area contributed by atoms with Crippen molar-refractivity contribution in [3.8, 4) is 11.5 Å². The Balaban J connectivity index is 2.55. The van der Waals surface area contributed by atoms with Gasteiger partial charge in [0.1, 0.15) is 16.0 Å². The molecule has 0 fully saturated rings. The van der Waals surface area contributed by atoms with Crippen molar-refractivity contribution >= 4 is 15.9 Å². The van der Waals surface area contributed by atoms with Crippen molar-refractivity contribution in [2.45, 2.75) is 13.0 Å². The van der Waals surface area contributed by atoms with E-state index in [1.165, 1.54) is 0 Å². The number of pyridine rings is 1. The third kappa shape index (κ3) is 3.19. The van der Waals surface area contributed by atoms with Crippen LogP contribution in [-0.2, 0) is 0 Å². The Morgan fingerprint density at radius 3 is 2.48 bits per heavy atom. The van der Waals surface area contributed by atoms with Crippen molar-refractivity contribution in [3.05, 3.63) is 51.8 Å². The number of benzene rings is 1. The Kier molecular flexibility index (Phi) is 5.20. The molecular formula is C16H19BrN2O2. The fourth-order valence-electron chi connectivity index (χ4n) is 2.33. The van der Waals surface area contributed by atoms with Crippen LogP contribution in [0.4, 0.5) is 0 Å². The second-order valence-corrected chi connectivity index (χ2v) is 5.42. The number of aromatic nitrogens is 1. The fourth-order valence-corrected chi connectivity index (χ4v) is 3.02. The van der Waals surface area contributed by atoms with E-state index in [1.807, 2.05) is 44.3 Å². The number of ether oxygens (including phenoxy) is 2. The van der Waals surface area contributed by atoms with Gasteiger partial charge in [-0.15, -0.1) is 0 Å². The SMILES string of the molecule is CNC(c1cccc(C)n1)c1ccc(OC)c(Br)c1OC. The number of hydrogen-bond donors (Lipinski definition) is 1. The predicted molar refractivity (Wildman–Crippen MR) is 87.1 cm³/mol. The van der Waals surface area contributed by atoms with Crippen molar-refractivity contribution in [1.29, 1.82) is 0 Å². The maximum Gasteiger partial charge on any atom is 0.141 e. The van der Waals surface area contributed by atoms with E-state index in [-0.39, 0.29) is 6.04 Å². The molecule has 1 aromatic heterocycles. The van der Waals surface area contributed by atoms with E-state index in [1.54, 1.807) is 14.2 Å². The van der Waals surface area contributed by atoms with Crippen molar-refractivity contribution in [3.63, 3.8) is 0 Å². The number of hydrogen-bond acceptors (Lipinski definition) is 4. The Morgan fingerprint density at radius 2 is 1.90 bits per heavy atom. The molecule has 0 bridgehead atoms. The molecule has 0 spiro atoms. The molecule has 0 aliphatic heterocycles. The van der Waals surface area contributed by atoms with E-state index in [0.717, 1.165) is 32.9 Å². The highest BCUT2D eigenvalue weighted by atomic mass is 79.9. The van der Waals surface area contributed by atoms with Gasteiger partial charge < -0.3 is 14.8 Å². The number of halogens is 1. The molecule has 5 heteroatoms. The van der Waals surface area contributed by atoms with Gasteiger partial charge in [-0.3, -0.25) is 4.98 Å². The van der Waals surface area contributed by atoms with E-state index in [0.29, 0.717) is 0 Å². The topological polar surface area (TPSA) is 43.4 Å².